The molecule has 1 aromatic heterocycles. The van der Waals surface area contributed by atoms with Crippen LogP contribution in [-0.2, 0) is 4.79 Å². The summed E-state index contributed by atoms with van der Waals surface area (Å²) >= 11 is 0. The van der Waals surface area contributed by atoms with Gasteiger partial charge < -0.3 is 4.42 Å². The maximum atomic E-state index is 10.1. The van der Waals surface area contributed by atoms with Crippen molar-refractivity contribution in [2.24, 2.45) is 0 Å². The first kappa shape index (κ1) is 9.33. The molecule has 0 fully saturated rings. The molecule has 0 saturated carbocycles. The van der Waals surface area contributed by atoms with Gasteiger partial charge in [-0.2, -0.15) is 0 Å². The molecule has 15 heavy (non-hydrogen) atoms. The van der Waals surface area contributed by atoms with Crippen molar-refractivity contribution in [2.45, 2.75) is 0 Å². The molecule has 0 bridgehead atoms. The summed E-state index contributed by atoms with van der Waals surface area (Å²) in [4.78, 5) is 10.1. The maximum Gasteiger partial charge on any atom is 0.247 e. The van der Waals surface area contributed by atoms with Crippen LogP contribution >= 0.6 is 0 Å². The van der Waals surface area contributed by atoms with Crippen molar-refractivity contribution in [1.82, 2.24) is 10.2 Å². The smallest absolute Gasteiger partial charge is 0.247 e. The van der Waals surface area contributed by atoms with Gasteiger partial charge in [0, 0.05) is 5.56 Å². The van der Waals surface area contributed by atoms with Crippen molar-refractivity contribution in [3.8, 4) is 11.5 Å². The lowest BCUT2D eigenvalue weighted by Crippen LogP contribution is -1.78. The predicted molar refractivity (Wildman–Crippen MR) is 54.8 cm³/mol. The number of hydrogen-bond donors (Lipinski definition) is 0. The lowest BCUT2D eigenvalue weighted by atomic mass is 10.1. The highest BCUT2D eigenvalue weighted by Crippen LogP contribution is 2.16. The largest absolute Gasteiger partial charge is 0.423 e. The van der Waals surface area contributed by atoms with Crippen LogP contribution in [0.3, 0.4) is 0 Å². The van der Waals surface area contributed by atoms with Crippen LogP contribution in [0.25, 0.3) is 17.5 Å². The molecular formula is C11H8N2O2. The van der Waals surface area contributed by atoms with E-state index in [1.165, 1.54) is 12.5 Å². The molecule has 0 spiro atoms. The quantitative estimate of drug-likeness (QED) is 0.561. The fourth-order valence-electron chi connectivity index (χ4n) is 1.19. The molecule has 4 nitrogen and oxygen atoms in total. The Bertz CT molecular complexity index is 458. The van der Waals surface area contributed by atoms with Crippen LogP contribution < -0.4 is 0 Å². The first-order valence-corrected chi connectivity index (χ1v) is 4.38. The van der Waals surface area contributed by atoms with Gasteiger partial charge in [0.15, 0.2) is 0 Å². The second kappa shape index (κ2) is 4.32. The van der Waals surface area contributed by atoms with E-state index in [-0.39, 0.29) is 0 Å². The zero-order valence-corrected chi connectivity index (χ0v) is 7.83. The molecule has 74 valence electrons. The summed E-state index contributed by atoms with van der Waals surface area (Å²) < 4.78 is 5.04. The van der Waals surface area contributed by atoms with Crippen molar-refractivity contribution < 1.29 is 9.21 Å². The van der Waals surface area contributed by atoms with E-state index in [0.29, 0.717) is 5.89 Å². The average molecular weight is 200 g/mol. The van der Waals surface area contributed by atoms with Crippen molar-refractivity contribution in [3.63, 3.8) is 0 Å². The zero-order chi connectivity index (χ0) is 10.5. The number of nitrogens with zero attached hydrogens (tertiary/aromatic N) is 2. The number of carbonyl (C=O) groups excluding carboxylic acids is 1. The molecule has 0 aliphatic carbocycles. The molecule has 0 unspecified atom stereocenters. The Morgan fingerprint density at radius 2 is 2.00 bits per heavy atom. The summed E-state index contributed by atoms with van der Waals surface area (Å²) in [6.45, 7) is 0. The summed E-state index contributed by atoms with van der Waals surface area (Å²) in [5.74, 6) is 0.487. The fraction of sp³-hybridized carbons (Fsp3) is 0. The normalized spacial score (nSPS) is 10.7. The van der Waals surface area contributed by atoms with E-state index in [1.54, 1.807) is 6.08 Å². The molecule has 0 amide bonds. The highest BCUT2D eigenvalue weighted by Gasteiger charge is 2.01. The Balaban J connectivity index is 2.24. The van der Waals surface area contributed by atoms with Crippen LogP contribution in [0, 0.1) is 0 Å². The third kappa shape index (κ3) is 2.17. The maximum absolute atomic E-state index is 10.1. The van der Waals surface area contributed by atoms with Gasteiger partial charge in [0.25, 0.3) is 0 Å². The Morgan fingerprint density at radius 3 is 2.60 bits per heavy atom. The van der Waals surface area contributed by atoms with Gasteiger partial charge in [0.05, 0.1) is 0 Å². The number of aldehydes is 1. The number of hydrogen-bond acceptors (Lipinski definition) is 4. The highest BCUT2D eigenvalue weighted by atomic mass is 16.4. The van der Waals surface area contributed by atoms with Gasteiger partial charge in [0.2, 0.25) is 12.3 Å². The van der Waals surface area contributed by atoms with E-state index in [4.69, 9.17) is 4.42 Å². The average Bonchev–Trinajstić information content (AvgIpc) is 2.80. The minimum absolute atomic E-state index is 0.487. The number of allylic oxidation sites excluding steroid dienone is 1. The van der Waals surface area contributed by atoms with Crippen molar-refractivity contribution in [1.29, 1.82) is 0 Å². The highest BCUT2D eigenvalue weighted by molar-refractivity contribution is 5.74. The molecule has 0 aliphatic heterocycles. The first-order chi connectivity index (χ1) is 7.40. The van der Waals surface area contributed by atoms with Gasteiger partial charge in [0.1, 0.15) is 6.29 Å². The molecule has 4 heteroatoms. The summed E-state index contributed by atoms with van der Waals surface area (Å²) in [6, 6.07) is 7.47. The van der Waals surface area contributed by atoms with Crippen LogP contribution in [0.4, 0.5) is 0 Å². The van der Waals surface area contributed by atoms with Gasteiger partial charge in [-0.05, 0) is 23.8 Å². The monoisotopic (exact) mass is 200 g/mol. The molecule has 0 aliphatic rings. The topological polar surface area (TPSA) is 56.0 Å². The molecular weight excluding hydrogens is 192 g/mol. The van der Waals surface area contributed by atoms with Crippen molar-refractivity contribution >= 4 is 12.4 Å². The van der Waals surface area contributed by atoms with E-state index in [0.717, 1.165) is 17.4 Å². The standard InChI is InChI=1S/C11H8N2O2/c14-7-1-2-9-3-5-10(6-4-9)11-13-12-8-15-11/h1-8H/b2-1+. The summed E-state index contributed by atoms with van der Waals surface area (Å²) in [5.41, 5.74) is 1.81. The van der Waals surface area contributed by atoms with Crippen LogP contribution in [-0.4, -0.2) is 16.5 Å². The third-order valence-corrected chi connectivity index (χ3v) is 1.88. The van der Waals surface area contributed by atoms with Crippen molar-refractivity contribution in [3.05, 3.63) is 42.3 Å². The zero-order valence-electron chi connectivity index (χ0n) is 7.83. The third-order valence-electron chi connectivity index (χ3n) is 1.88. The molecule has 2 rings (SSSR count). The Labute approximate surface area is 86.3 Å². The van der Waals surface area contributed by atoms with E-state index < -0.39 is 0 Å². The van der Waals surface area contributed by atoms with E-state index in [1.807, 2.05) is 24.3 Å². The Morgan fingerprint density at radius 1 is 1.20 bits per heavy atom. The van der Waals surface area contributed by atoms with Gasteiger partial charge >= 0.3 is 0 Å². The van der Waals surface area contributed by atoms with Gasteiger partial charge in [-0.1, -0.05) is 18.2 Å². The SMILES string of the molecule is O=C/C=C/c1ccc(-c2nnco2)cc1. The second-order valence-electron chi connectivity index (χ2n) is 2.86. The number of rotatable bonds is 3. The summed E-state index contributed by atoms with van der Waals surface area (Å²) in [5, 5.41) is 7.38. The first-order valence-electron chi connectivity index (χ1n) is 4.38. The van der Waals surface area contributed by atoms with Crippen molar-refractivity contribution in [2.75, 3.05) is 0 Å². The Kier molecular flexibility index (Phi) is 2.69. The Hall–Kier alpha value is -2.23. The second-order valence-corrected chi connectivity index (χ2v) is 2.86. The van der Waals surface area contributed by atoms with Gasteiger partial charge in [-0.25, -0.2) is 0 Å². The molecule has 0 radical (unpaired) electrons. The van der Waals surface area contributed by atoms with E-state index >= 15 is 0 Å². The van der Waals surface area contributed by atoms with Crippen LogP contribution in [0.1, 0.15) is 5.56 Å². The minimum atomic E-state index is 0.487. The molecule has 0 saturated heterocycles. The molecule has 0 N–H and O–H groups in total. The molecule has 0 atom stereocenters. The van der Waals surface area contributed by atoms with E-state index in [9.17, 15) is 4.79 Å². The summed E-state index contributed by atoms with van der Waals surface area (Å²) in [7, 11) is 0. The number of benzene rings is 1. The molecule has 1 heterocycles. The summed E-state index contributed by atoms with van der Waals surface area (Å²) in [6.07, 6.45) is 5.20. The number of aromatic nitrogens is 2. The lowest BCUT2D eigenvalue weighted by molar-refractivity contribution is -0.104. The van der Waals surface area contributed by atoms with Gasteiger partial charge in [-0.3, -0.25) is 4.79 Å². The fourth-order valence-corrected chi connectivity index (χ4v) is 1.19. The molecule has 1 aromatic carbocycles. The lowest BCUT2D eigenvalue weighted by Gasteiger charge is -1.95. The number of carbonyl (C=O) groups is 1. The predicted octanol–water partition coefficient (Wildman–Crippen LogP) is 1.95. The van der Waals surface area contributed by atoms with E-state index in [2.05, 4.69) is 10.2 Å². The molecule has 2 aromatic rings. The van der Waals surface area contributed by atoms with Crippen LogP contribution in [0.2, 0.25) is 0 Å². The van der Waals surface area contributed by atoms with Crippen LogP contribution in [0.15, 0.2) is 41.2 Å². The van der Waals surface area contributed by atoms with Crippen LogP contribution in [0.5, 0.6) is 0 Å². The minimum Gasteiger partial charge on any atom is -0.423 e. The van der Waals surface area contributed by atoms with Gasteiger partial charge in [-0.15, -0.1) is 10.2 Å².